The molecule has 0 bridgehead atoms. The Morgan fingerprint density at radius 1 is 1.21 bits per heavy atom. The summed E-state index contributed by atoms with van der Waals surface area (Å²) in [4.78, 5) is 0. The number of benzene rings is 1. The van der Waals surface area contributed by atoms with Crippen LogP contribution in [0.3, 0.4) is 0 Å². The van der Waals surface area contributed by atoms with Crippen molar-refractivity contribution in [3.63, 3.8) is 0 Å². The standard InChI is InChI=1S/C17H13Cl2F3N4O2S/c1-2-29-16-25-24-15(17(20,21)22)26(16)23-8-11-3-4-12(28-11)9-27-10-5-6-13(18)14(19)7-10/h3-8H,2,9H2,1H3/b23-8+. The van der Waals surface area contributed by atoms with Crippen molar-refractivity contribution in [2.45, 2.75) is 24.9 Å². The Morgan fingerprint density at radius 2 is 2.00 bits per heavy atom. The highest BCUT2D eigenvalue weighted by Crippen LogP contribution is 2.30. The van der Waals surface area contributed by atoms with E-state index in [1.807, 2.05) is 0 Å². The van der Waals surface area contributed by atoms with E-state index in [0.29, 0.717) is 32.0 Å². The molecule has 0 aliphatic carbocycles. The highest BCUT2D eigenvalue weighted by Gasteiger charge is 2.38. The fourth-order valence-electron chi connectivity index (χ4n) is 2.14. The van der Waals surface area contributed by atoms with E-state index < -0.39 is 12.0 Å². The van der Waals surface area contributed by atoms with Gasteiger partial charge in [-0.05, 0) is 30.0 Å². The molecule has 0 fully saturated rings. The molecule has 2 aromatic heterocycles. The van der Waals surface area contributed by atoms with Gasteiger partial charge in [0.15, 0.2) is 0 Å². The second-order valence-electron chi connectivity index (χ2n) is 5.46. The first kappa shape index (κ1) is 21.5. The Hall–Kier alpha value is -2.17. The molecule has 0 saturated heterocycles. The monoisotopic (exact) mass is 464 g/mol. The number of hydrogen-bond acceptors (Lipinski definition) is 6. The number of ether oxygens (including phenoxy) is 1. The smallest absolute Gasteiger partial charge is 0.453 e. The maximum Gasteiger partial charge on any atom is 0.453 e. The summed E-state index contributed by atoms with van der Waals surface area (Å²) in [5.41, 5.74) is 0. The van der Waals surface area contributed by atoms with Crippen LogP contribution in [0, 0.1) is 0 Å². The topological polar surface area (TPSA) is 65.4 Å². The van der Waals surface area contributed by atoms with Gasteiger partial charge in [0.1, 0.15) is 23.9 Å². The molecule has 2 heterocycles. The highest BCUT2D eigenvalue weighted by molar-refractivity contribution is 7.99. The van der Waals surface area contributed by atoms with Crippen molar-refractivity contribution in [3.8, 4) is 5.75 Å². The average molecular weight is 465 g/mol. The van der Waals surface area contributed by atoms with Crippen LogP contribution in [0.15, 0.2) is 45.0 Å². The van der Waals surface area contributed by atoms with Crippen LogP contribution in [0.2, 0.25) is 10.0 Å². The first-order chi connectivity index (χ1) is 13.8. The van der Waals surface area contributed by atoms with Crippen molar-refractivity contribution in [1.29, 1.82) is 0 Å². The van der Waals surface area contributed by atoms with E-state index in [1.54, 1.807) is 37.3 Å². The van der Waals surface area contributed by atoms with Crippen LogP contribution < -0.4 is 4.74 Å². The lowest BCUT2D eigenvalue weighted by molar-refractivity contribution is -0.147. The second kappa shape index (κ2) is 9.10. The Bertz CT molecular complexity index is 1020. The largest absolute Gasteiger partial charge is 0.486 e. The zero-order chi connectivity index (χ0) is 21.0. The number of furan rings is 1. The van der Waals surface area contributed by atoms with Gasteiger partial charge in [-0.3, -0.25) is 0 Å². The molecular weight excluding hydrogens is 452 g/mol. The van der Waals surface area contributed by atoms with Crippen LogP contribution in [0.1, 0.15) is 24.3 Å². The van der Waals surface area contributed by atoms with E-state index >= 15 is 0 Å². The molecule has 0 atom stereocenters. The molecule has 0 amide bonds. The summed E-state index contributed by atoms with van der Waals surface area (Å²) in [6.07, 6.45) is -3.53. The predicted molar refractivity (Wildman–Crippen MR) is 104 cm³/mol. The molecular formula is C17H13Cl2F3N4O2S. The third-order valence-corrected chi connectivity index (χ3v) is 4.93. The number of halogens is 5. The van der Waals surface area contributed by atoms with E-state index in [2.05, 4.69) is 15.3 Å². The minimum atomic E-state index is -4.68. The van der Waals surface area contributed by atoms with Gasteiger partial charge >= 0.3 is 6.18 Å². The number of thioether (sulfide) groups is 1. The zero-order valence-electron chi connectivity index (χ0n) is 14.8. The molecule has 12 heteroatoms. The molecule has 3 rings (SSSR count). The van der Waals surface area contributed by atoms with Gasteiger partial charge < -0.3 is 9.15 Å². The summed E-state index contributed by atoms with van der Waals surface area (Å²) >= 11 is 12.9. The SMILES string of the molecule is CCSc1nnc(C(F)(F)F)n1/N=C/c1ccc(COc2ccc(Cl)c(Cl)c2)o1. The van der Waals surface area contributed by atoms with E-state index in [-0.39, 0.29) is 17.5 Å². The average Bonchev–Trinajstić information content (AvgIpc) is 3.28. The van der Waals surface area contributed by atoms with Crippen LogP contribution in [-0.4, -0.2) is 26.8 Å². The van der Waals surface area contributed by atoms with Gasteiger partial charge in [0.25, 0.3) is 5.82 Å². The normalized spacial score (nSPS) is 12.1. The second-order valence-corrected chi connectivity index (χ2v) is 7.51. The van der Waals surface area contributed by atoms with Crippen molar-refractivity contribution in [2.24, 2.45) is 5.10 Å². The number of rotatable bonds is 7. The van der Waals surface area contributed by atoms with Gasteiger partial charge in [-0.2, -0.15) is 22.9 Å². The summed E-state index contributed by atoms with van der Waals surface area (Å²) in [5, 5.41) is 11.3. The molecule has 0 N–H and O–H groups in total. The number of nitrogens with zero attached hydrogens (tertiary/aromatic N) is 4. The van der Waals surface area contributed by atoms with E-state index in [4.69, 9.17) is 32.4 Å². The molecule has 0 saturated carbocycles. The minimum Gasteiger partial charge on any atom is -0.486 e. The summed E-state index contributed by atoms with van der Waals surface area (Å²) in [6.45, 7) is 1.87. The van der Waals surface area contributed by atoms with E-state index in [9.17, 15) is 13.2 Å². The van der Waals surface area contributed by atoms with Gasteiger partial charge in [-0.1, -0.05) is 41.9 Å². The molecule has 0 aliphatic rings. The summed E-state index contributed by atoms with van der Waals surface area (Å²) in [7, 11) is 0. The quantitative estimate of drug-likeness (QED) is 0.328. The van der Waals surface area contributed by atoms with Crippen molar-refractivity contribution in [1.82, 2.24) is 14.9 Å². The van der Waals surface area contributed by atoms with E-state index in [0.717, 1.165) is 18.0 Å². The Balaban J connectivity index is 1.72. The van der Waals surface area contributed by atoms with Gasteiger partial charge in [0.2, 0.25) is 5.16 Å². The van der Waals surface area contributed by atoms with Crippen LogP contribution in [0.5, 0.6) is 5.75 Å². The lowest BCUT2D eigenvalue weighted by Gasteiger charge is -2.06. The van der Waals surface area contributed by atoms with Gasteiger partial charge in [0.05, 0.1) is 16.3 Å². The van der Waals surface area contributed by atoms with Crippen LogP contribution in [0.4, 0.5) is 13.2 Å². The van der Waals surface area contributed by atoms with Crippen molar-refractivity contribution in [3.05, 3.63) is 57.7 Å². The number of aromatic nitrogens is 3. The summed E-state index contributed by atoms with van der Waals surface area (Å²) in [5.74, 6) is 0.487. The van der Waals surface area contributed by atoms with E-state index in [1.165, 1.54) is 0 Å². The zero-order valence-corrected chi connectivity index (χ0v) is 17.1. The fourth-order valence-corrected chi connectivity index (χ4v) is 3.04. The molecule has 0 spiro atoms. The lowest BCUT2D eigenvalue weighted by atomic mass is 10.3. The summed E-state index contributed by atoms with van der Waals surface area (Å²) in [6, 6.07) is 7.99. The van der Waals surface area contributed by atoms with Crippen molar-refractivity contribution < 1.29 is 22.3 Å². The Morgan fingerprint density at radius 3 is 2.69 bits per heavy atom. The molecule has 154 valence electrons. The minimum absolute atomic E-state index is 0.0332. The molecule has 6 nitrogen and oxygen atoms in total. The third kappa shape index (κ3) is 5.46. The Labute approximate surface area is 177 Å². The predicted octanol–water partition coefficient (Wildman–Crippen LogP) is 5.77. The van der Waals surface area contributed by atoms with Gasteiger partial charge in [-0.25, -0.2) is 0 Å². The maximum absolute atomic E-state index is 13.1. The molecule has 0 unspecified atom stereocenters. The molecule has 0 radical (unpaired) electrons. The van der Waals surface area contributed by atoms with Crippen LogP contribution in [0.25, 0.3) is 0 Å². The summed E-state index contributed by atoms with van der Waals surface area (Å²) < 4.78 is 50.9. The molecule has 1 aromatic carbocycles. The molecule has 0 aliphatic heterocycles. The highest BCUT2D eigenvalue weighted by atomic mass is 35.5. The Kier molecular flexibility index (Phi) is 6.76. The third-order valence-electron chi connectivity index (χ3n) is 3.39. The fraction of sp³-hybridized carbons (Fsp3) is 0.235. The first-order valence-corrected chi connectivity index (χ1v) is 9.88. The molecule has 29 heavy (non-hydrogen) atoms. The lowest BCUT2D eigenvalue weighted by Crippen LogP contribution is -2.13. The number of alkyl halides is 3. The number of hydrogen-bond donors (Lipinski definition) is 0. The van der Waals surface area contributed by atoms with Crippen LogP contribution >= 0.6 is 35.0 Å². The van der Waals surface area contributed by atoms with Gasteiger partial charge in [-0.15, -0.1) is 10.2 Å². The maximum atomic E-state index is 13.1. The van der Waals surface area contributed by atoms with Crippen molar-refractivity contribution >= 4 is 41.2 Å². The molecule has 3 aromatic rings. The van der Waals surface area contributed by atoms with Crippen LogP contribution in [-0.2, 0) is 12.8 Å². The van der Waals surface area contributed by atoms with Crippen molar-refractivity contribution in [2.75, 3.05) is 5.75 Å². The first-order valence-electron chi connectivity index (χ1n) is 8.14. The van der Waals surface area contributed by atoms with Gasteiger partial charge in [0, 0.05) is 6.07 Å².